The normalized spacial score (nSPS) is 10.2. The second-order valence-electron chi connectivity index (χ2n) is 2.71. The van der Waals surface area contributed by atoms with Gasteiger partial charge in [-0.1, -0.05) is 0 Å². The topological polar surface area (TPSA) is 53.7 Å². The first-order valence-corrected chi connectivity index (χ1v) is 4.72. The predicted octanol–water partition coefficient (Wildman–Crippen LogP) is 1.39. The van der Waals surface area contributed by atoms with Gasteiger partial charge in [-0.25, -0.2) is 0 Å². The number of rotatable bonds is 4. The molecule has 1 amide bonds. The molecule has 0 atom stereocenters. The lowest BCUT2D eigenvalue weighted by molar-refractivity contribution is 0.0700. The highest BCUT2D eigenvalue weighted by molar-refractivity contribution is 6.29. The van der Waals surface area contributed by atoms with Gasteiger partial charge in [-0.05, 0) is 30.7 Å². The van der Waals surface area contributed by atoms with Crippen molar-refractivity contribution < 1.29 is 14.3 Å². The Morgan fingerprint density at radius 1 is 1.64 bits per heavy atom. The molecule has 0 spiro atoms. The van der Waals surface area contributed by atoms with Gasteiger partial charge >= 0.3 is 0 Å². The standard InChI is InChI=1S/C9H12ClNO3/c1-2-11(5-6-12)9(13)7-3-4-8(10)14-7/h3-4,12H,2,5-6H2,1H3. The van der Waals surface area contributed by atoms with E-state index in [1.54, 1.807) is 0 Å². The summed E-state index contributed by atoms with van der Waals surface area (Å²) in [6.45, 7) is 2.59. The lowest BCUT2D eigenvalue weighted by Gasteiger charge is -2.17. The number of carbonyl (C=O) groups is 1. The van der Waals surface area contributed by atoms with Gasteiger partial charge in [0.25, 0.3) is 5.91 Å². The van der Waals surface area contributed by atoms with Gasteiger partial charge in [-0.3, -0.25) is 4.79 Å². The van der Waals surface area contributed by atoms with Crippen molar-refractivity contribution in [3.63, 3.8) is 0 Å². The molecule has 0 aromatic carbocycles. The highest BCUT2D eigenvalue weighted by Gasteiger charge is 2.16. The molecule has 1 N–H and O–H groups in total. The van der Waals surface area contributed by atoms with Crippen molar-refractivity contribution in [2.45, 2.75) is 6.92 Å². The fourth-order valence-corrected chi connectivity index (χ4v) is 1.26. The number of likely N-dealkylation sites (N-methyl/N-ethyl adjacent to an activating group) is 1. The highest BCUT2D eigenvalue weighted by Crippen LogP contribution is 2.14. The van der Waals surface area contributed by atoms with Crippen molar-refractivity contribution in [3.8, 4) is 0 Å². The van der Waals surface area contributed by atoms with Crippen LogP contribution >= 0.6 is 11.6 Å². The Bertz CT molecular complexity index is 311. The smallest absolute Gasteiger partial charge is 0.289 e. The van der Waals surface area contributed by atoms with Crippen molar-refractivity contribution in [3.05, 3.63) is 23.1 Å². The van der Waals surface area contributed by atoms with E-state index in [0.29, 0.717) is 13.1 Å². The summed E-state index contributed by atoms with van der Waals surface area (Å²) >= 11 is 5.54. The second kappa shape index (κ2) is 5.02. The van der Waals surface area contributed by atoms with Crippen LogP contribution in [0.3, 0.4) is 0 Å². The zero-order valence-corrected chi connectivity index (χ0v) is 8.62. The molecule has 1 aromatic heterocycles. The van der Waals surface area contributed by atoms with Gasteiger partial charge in [0.1, 0.15) is 0 Å². The molecule has 5 heteroatoms. The van der Waals surface area contributed by atoms with Crippen LogP contribution in [0.1, 0.15) is 17.5 Å². The average molecular weight is 218 g/mol. The Hall–Kier alpha value is -1.00. The Balaban J connectivity index is 2.72. The fourth-order valence-electron chi connectivity index (χ4n) is 1.11. The molecule has 1 rings (SSSR count). The van der Waals surface area contributed by atoms with Crippen LogP contribution in [-0.2, 0) is 0 Å². The number of hydrogen-bond donors (Lipinski definition) is 1. The van der Waals surface area contributed by atoms with Crippen LogP contribution in [-0.4, -0.2) is 35.6 Å². The molecule has 0 saturated heterocycles. The van der Waals surface area contributed by atoms with Gasteiger partial charge in [0, 0.05) is 13.1 Å². The molecule has 0 radical (unpaired) electrons. The summed E-state index contributed by atoms with van der Waals surface area (Å²) in [6.07, 6.45) is 0. The van der Waals surface area contributed by atoms with Crippen LogP contribution in [0.5, 0.6) is 0 Å². The van der Waals surface area contributed by atoms with E-state index in [2.05, 4.69) is 0 Å². The lowest BCUT2D eigenvalue weighted by Crippen LogP contribution is -2.33. The molecule has 0 aliphatic heterocycles. The summed E-state index contributed by atoms with van der Waals surface area (Å²) in [4.78, 5) is 13.1. The summed E-state index contributed by atoms with van der Waals surface area (Å²) < 4.78 is 4.97. The van der Waals surface area contributed by atoms with Crippen LogP contribution < -0.4 is 0 Å². The lowest BCUT2D eigenvalue weighted by atomic mass is 10.3. The summed E-state index contributed by atoms with van der Waals surface area (Å²) in [5.41, 5.74) is 0. The van der Waals surface area contributed by atoms with Crippen molar-refractivity contribution in [2.75, 3.05) is 19.7 Å². The average Bonchev–Trinajstić information content (AvgIpc) is 2.60. The van der Waals surface area contributed by atoms with Crippen LogP contribution in [0, 0.1) is 0 Å². The van der Waals surface area contributed by atoms with E-state index in [4.69, 9.17) is 21.1 Å². The van der Waals surface area contributed by atoms with Gasteiger partial charge in [0.2, 0.25) is 0 Å². The van der Waals surface area contributed by atoms with Gasteiger partial charge in [-0.2, -0.15) is 0 Å². The van der Waals surface area contributed by atoms with E-state index in [0.717, 1.165) is 0 Å². The van der Waals surface area contributed by atoms with E-state index in [-0.39, 0.29) is 23.5 Å². The van der Waals surface area contributed by atoms with Gasteiger partial charge < -0.3 is 14.4 Å². The second-order valence-corrected chi connectivity index (χ2v) is 3.08. The van der Waals surface area contributed by atoms with Gasteiger partial charge in [-0.15, -0.1) is 0 Å². The monoisotopic (exact) mass is 217 g/mol. The maximum absolute atomic E-state index is 11.6. The van der Waals surface area contributed by atoms with E-state index in [1.807, 2.05) is 6.92 Å². The Kier molecular flexibility index (Phi) is 3.98. The molecule has 1 heterocycles. The first-order valence-electron chi connectivity index (χ1n) is 4.34. The molecular formula is C9H12ClNO3. The largest absolute Gasteiger partial charge is 0.440 e. The van der Waals surface area contributed by atoms with Crippen LogP contribution in [0.15, 0.2) is 16.5 Å². The maximum Gasteiger partial charge on any atom is 0.289 e. The van der Waals surface area contributed by atoms with Crippen molar-refractivity contribution in [1.82, 2.24) is 4.90 Å². The quantitative estimate of drug-likeness (QED) is 0.829. The minimum Gasteiger partial charge on any atom is -0.440 e. The summed E-state index contributed by atoms with van der Waals surface area (Å²) in [5.74, 6) is -0.0567. The number of nitrogens with zero attached hydrogens (tertiary/aromatic N) is 1. The summed E-state index contributed by atoms with van der Waals surface area (Å²) in [7, 11) is 0. The third-order valence-electron chi connectivity index (χ3n) is 1.82. The SMILES string of the molecule is CCN(CCO)C(=O)c1ccc(Cl)o1. The Morgan fingerprint density at radius 3 is 2.79 bits per heavy atom. The number of aliphatic hydroxyl groups excluding tert-OH is 1. The highest BCUT2D eigenvalue weighted by atomic mass is 35.5. The zero-order valence-electron chi connectivity index (χ0n) is 7.86. The third kappa shape index (κ3) is 2.49. The first kappa shape index (κ1) is 11.1. The van der Waals surface area contributed by atoms with Crippen LogP contribution in [0.4, 0.5) is 0 Å². The Labute approximate surface area is 87.1 Å². The van der Waals surface area contributed by atoms with Crippen molar-refractivity contribution in [2.24, 2.45) is 0 Å². The predicted molar refractivity (Wildman–Crippen MR) is 52.4 cm³/mol. The van der Waals surface area contributed by atoms with E-state index in [9.17, 15) is 4.79 Å². The fraction of sp³-hybridized carbons (Fsp3) is 0.444. The first-order chi connectivity index (χ1) is 6.69. The molecule has 0 unspecified atom stereocenters. The molecule has 4 nitrogen and oxygen atoms in total. The molecule has 0 bridgehead atoms. The minimum absolute atomic E-state index is 0.0615. The zero-order chi connectivity index (χ0) is 10.6. The van der Waals surface area contributed by atoms with Crippen molar-refractivity contribution >= 4 is 17.5 Å². The molecule has 0 aliphatic rings. The number of carbonyl (C=O) groups excluding carboxylic acids is 1. The molecule has 78 valence electrons. The van der Waals surface area contributed by atoms with Crippen LogP contribution in [0.2, 0.25) is 5.22 Å². The molecular weight excluding hydrogens is 206 g/mol. The number of amides is 1. The summed E-state index contributed by atoms with van der Waals surface area (Å²) in [6, 6.07) is 3.03. The Morgan fingerprint density at radius 2 is 2.36 bits per heavy atom. The molecule has 1 aromatic rings. The van der Waals surface area contributed by atoms with Crippen LogP contribution in [0.25, 0.3) is 0 Å². The van der Waals surface area contributed by atoms with Gasteiger partial charge in [0.15, 0.2) is 11.0 Å². The number of halogens is 1. The molecule has 0 fully saturated rings. The number of hydrogen-bond acceptors (Lipinski definition) is 3. The summed E-state index contributed by atoms with van der Waals surface area (Å²) in [5, 5.41) is 8.91. The minimum atomic E-state index is -0.256. The molecule has 14 heavy (non-hydrogen) atoms. The van der Waals surface area contributed by atoms with Gasteiger partial charge in [0.05, 0.1) is 6.61 Å². The maximum atomic E-state index is 11.6. The van der Waals surface area contributed by atoms with Crippen molar-refractivity contribution in [1.29, 1.82) is 0 Å². The van der Waals surface area contributed by atoms with E-state index in [1.165, 1.54) is 17.0 Å². The van der Waals surface area contributed by atoms with E-state index < -0.39 is 0 Å². The number of aliphatic hydroxyl groups is 1. The third-order valence-corrected chi connectivity index (χ3v) is 2.03. The molecule has 0 saturated carbocycles. The van der Waals surface area contributed by atoms with E-state index >= 15 is 0 Å². The number of furan rings is 1. The molecule has 0 aliphatic carbocycles.